The average molecular weight is 263 g/mol. The largest absolute Gasteiger partial charge is 0.444 e. The number of aromatic nitrogens is 1. The Hall–Kier alpha value is -1.62. The Morgan fingerprint density at radius 2 is 2.32 bits per heavy atom. The van der Waals surface area contributed by atoms with Gasteiger partial charge in [-0.2, -0.15) is 0 Å². The Labute approximate surface area is 114 Å². The van der Waals surface area contributed by atoms with Gasteiger partial charge >= 0.3 is 6.09 Å². The number of ether oxygens (including phenoxy) is 1. The van der Waals surface area contributed by atoms with Crippen molar-refractivity contribution in [3.05, 3.63) is 30.1 Å². The van der Waals surface area contributed by atoms with Crippen LogP contribution < -0.4 is 5.32 Å². The van der Waals surface area contributed by atoms with Crippen LogP contribution in [0.5, 0.6) is 0 Å². The van der Waals surface area contributed by atoms with Gasteiger partial charge in [-0.05, 0) is 32.4 Å². The van der Waals surface area contributed by atoms with Crippen LogP contribution in [-0.2, 0) is 4.74 Å². The predicted molar refractivity (Wildman–Crippen MR) is 72.8 cm³/mol. The first kappa shape index (κ1) is 13.8. The van der Waals surface area contributed by atoms with E-state index in [1.165, 1.54) is 0 Å². The molecule has 1 amide bonds. The molecule has 1 saturated heterocycles. The first-order chi connectivity index (χ1) is 8.97. The maximum Gasteiger partial charge on any atom is 0.410 e. The van der Waals surface area contributed by atoms with E-state index in [2.05, 4.69) is 10.3 Å². The maximum absolute atomic E-state index is 12.3. The lowest BCUT2D eigenvalue weighted by Gasteiger charge is -2.37. The Kier molecular flexibility index (Phi) is 4.04. The molecule has 5 nitrogen and oxygen atoms in total. The number of hydrogen-bond donors (Lipinski definition) is 1. The van der Waals surface area contributed by atoms with Gasteiger partial charge in [0.05, 0.1) is 6.04 Å². The van der Waals surface area contributed by atoms with Gasteiger partial charge in [-0.1, -0.05) is 6.07 Å². The highest BCUT2D eigenvalue weighted by Crippen LogP contribution is 2.23. The number of hydrogen-bond acceptors (Lipinski definition) is 4. The van der Waals surface area contributed by atoms with Gasteiger partial charge in [-0.25, -0.2) is 4.79 Å². The molecule has 5 heteroatoms. The Bertz CT molecular complexity index is 428. The van der Waals surface area contributed by atoms with Crippen molar-refractivity contribution in [1.82, 2.24) is 15.2 Å². The van der Waals surface area contributed by atoms with Crippen LogP contribution in [0.3, 0.4) is 0 Å². The standard InChI is InChI=1S/C14H21N3O2/c1-14(2,3)19-13(18)17-8-7-16-10-12(17)11-5-4-6-15-9-11/h4-6,9,12,16H,7-8,10H2,1-3H3/t12-/m0/s1. The lowest BCUT2D eigenvalue weighted by Crippen LogP contribution is -2.50. The molecule has 104 valence electrons. The molecule has 0 spiro atoms. The number of amides is 1. The Morgan fingerprint density at radius 1 is 1.53 bits per heavy atom. The van der Waals surface area contributed by atoms with Crippen LogP contribution in [0.1, 0.15) is 32.4 Å². The van der Waals surface area contributed by atoms with Crippen molar-refractivity contribution in [3.8, 4) is 0 Å². The molecule has 0 unspecified atom stereocenters. The predicted octanol–water partition coefficient (Wildman–Crippen LogP) is 1.96. The number of carbonyl (C=O) groups is 1. The van der Waals surface area contributed by atoms with Crippen molar-refractivity contribution in [2.24, 2.45) is 0 Å². The summed E-state index contributed by atoms with van der Waals surface area (Å²) < 4.78 is 5.47. The van der Waals surface area contributed by atoms with Gasteiger partial charge < -0.3 is 10.1 Å². The van der Waals surface area contributed by atoms with E-state index < -0.39 is 5.60 Å². The number of nitrogens with one attached hydrogen (secondary N) is 1. The minimum absolute atomic E-state index is 0.0164. The molecular formula is C14H21N3O2. The average Bonchev–Trinajstić information content (AvgIpc) is 2.38. The fourth-order valence-electron chi connectivity index (χ4n) is 2.11. The number of rotatable bonds is 1. The van der Waals surface area contributed by atoms with Crippen LogP contribution in [0.2, 0.25) is 0 Å². The van der Waals surface area contributed by atoms with Gasteiger partial charge in [0.1, 0.15) is 5.60 Å². The number of carbonyl (C=O) groups excluding carboxylic acids is 1. The molecule has 0 bridgehead atoms. The quantitative estimate of drug-likeness (QED) is 0.841. The van der Waals surface area contributed by atoms with Crippen LogP contribution in [0.25, 0.3) is 0 Å². The van der Waals surface area contributed by atoms with E-state index in [-0.39, 0.29) is 12.1 Å². The second kappa shape index (κ2) is 5.57. The van der Waals surface area contributed by atoms with Gasteiger partial charge in [0.15, 0.2) is 0 Å². The summed E-state index contributed by atoms with van der Waals surface area (Å²) in [6, 6.07) is 3.86. The summed E-state index contributed by atoms with van der Waals surface area (Å²) >= 11 is 0. The topological polar surface area (TPSA) is 54.5 Å². The maximum atomic E-state index is 12.3. The third-order valence-electron chi connectivity index (χ3n) is 2.94. The van der Waals surface area contributed by atoms with Crippen LogP contribution >= 0.6 is 0 Å². The normalized spacial score (nSPS) is 20.2. The molecule has 0 saturated carbocycles. The van der Waals surface area contributed by atoms with Crippen molar-refractivity contribution < 1.29 is 9.53 Å². The number of nitrogens with zero attached hydrogens (tertiary/aromatic N) is 2. The minimum Gasteiger partial charge on any atom is -0.444 e. The molecule has 0 aliphatic carbocycles. The third kappa shape index (κ3) is 3.67. The van der Waals surface area contributed by atoms with Gasteiger partial charge in [0.25, 0.3) is 0 Å². The molecule has 1 atom stereocenters. The lowest BCUT2D eigenvalue weighted by atomic mass is 10.1. The van der Waals surface area contributed by atoms with Crippen molar-refractivity contribution >= 4 is 6.09 Å². The summed E-state index contributed by atoms with van der Waals surface area (Å²) in [7, 11) is 0. The van der Waals surface area contributed by atoms with Crippen molar-refractivity contribution in [1.29, 1.82) is 0 Å². The first-order valence-electron chi connectivity index (χ1n) is 6.57. The van der Waals surface area contributed by atoms with Crippen LogP contribution in [0, 0.1) is 0 Å². The van der Waals surface area contributed by atoms with E-state index in [9.17, 15) is 4.79 Å². The summed E-state index contributed by atoms with van der Waals surface area (Å²) in [5.74, 6) is 0. The summed E-state index contributed by atoms with van der Waals surface area (Å²) in [4.78, 5) is 18.2. The fourth-order valence-corrected chi connectivity index (χ4v) is 2.11. The highest BCUT2D eigenvalue weighted by Gasteiger charge is 2.31. The van der Waals surface area contributed by atoms with E-state index >= 15 is 0 Å². The van der Waals surface area contributed by atoms with Crippen LogP contribution in [0.4, 0.5) is 4.79 Å². The van der Waals surface area contributed by atoms with E-state index in [0.29, 0.717) is 6.54 Å². The molecule has 1 aliphatic rings. The van der Waals surface area contributed by atoms with E-state index in [1.54, 1.807) is 17.3 Å². The molecule has 1 aliphatic heterocycles. The zero-order valence-electron chi connectivity index (χ0n) is 11.7. The van der Waals surface area contributed by atoms with E-state index in [4.69, 9.17) is 4.74 Å². The second-order valence-electron chi connectivity index (χ2n) is 5.68. The molecule has 2 rings (SSSR count). The van der Waals surface area contributed by atoms with Gasteiger partial charge in [0.2, 0.25) is 0 Å². The zero-order chi connectivity index (χ0) is 13.9. The van der Waals surface area contributed by atoms with Gasteiger partial charge in [0, 0.05) is 32.0 Å². The Morgan fingerprint density at radius 3 is 2.95 bits per heavy atom. The van der Waals surface area contributed by atoms with Gasteiger partial charge in [-0.15, -0.1) is 0 Å². The summed E-state index contributed by atoms with van der Waals surface area (Å²) in [6.45, 7) is 7.81. The first-order valence-corrected chi connectivity index (χ1v) is 6.57. The van der Waals surface area contributed by atoms with Gasteiger partial charge in [-0.3, -0.25) is 9.88 Å². The summed E-state index contributed by atoms with van der Waals surface area (Å²) in [5, 5.41) is 3.30. The number of piperazine rings is 1. The van der Waals surface area contributed by atoms with Crippen molar-refractivity contribution in [3.63, 3.8) is 0 Å². The molecule has 2 heterocycles. The summed E-state index contributed by atoms with van der Waals surface area (Å²) in [5.41, 5.74) is 0.558. The molecule has 0 aromatic carbocycles. The SMILES string of the molecule is CC(C)(C)OC(=O)N1CCNC[C@H]1c1cccnc1. The molecule has 19 heavy (non-hydrogen) atoms. The number of pyridine rings is 1. The zero-order valence-corrected chi connectivity index (χ0v) is 11.7. The molecule has 1 fully saturated rings. The lowest BCUT2D eigenvalue weighted by molar-refractivity contribution is 0.0117. The van der Waals surface area contributed by atoms with Crippen LogP contribution in [0.15, 0.2) is 24.5 Å². The highest BCUT2D eigenvalue weighted by molar-refractivity contribution is 5.69. The monoisotopic (exact) mass is 263 g/mol. The molecule has 1 aromatic heterocycles. The van der Waals surface area contributed by atoms with Crippen molar-refractivity contribution in [2.75, 3.05) is 19.6 Å². The van der Waals surface area contributed by atoms with E-state index in [0.717, 1.165) is 18.7 Å². The summed E-state index contributed by atoms with van der Waals surface area (Å²) in [6.07, 6.45) is 3.27. The second-order valence-corrected chi connectivity index (χ2v) is 5.68. The molecule has 1 N–H and O–H groups in total. The van der Waals surface area contributed by atoms with Crippen molar-refractivity contribution in [2.45, 2.75) is 32.4 Å². The fraction of sp³-hybridized carbons (Fsp3) is 0.571. The minimum atomic E-state index is -0.471. The third-order valence-corrected chi connectivity index (χ3v) is 2.94. The van der Waals surface area contributed by atoms with E-state index in [1.807, 2.05) is 32.9 Å². The molecular weight excluding hydrogens is 242 g/mol. The molecule has 1 aromatic rings. The molecule has 0 radical (unpaired) electrons. The Balaban J connectivity index is 2.15. The van der Waals surface area contributed by atoms with Crippen LogP contribution in [-0.4, -0.2) is 41.2 Å². The smallest absolute Gasteiger partial charge is 0.410 e. The highest BCUT2D eigenvalue weighted by atomic mass is 16.6.